The number of allylic oxidation sites excluding steroid dienone is 1. The number of carbonyl (C=O) groups excluding carboxylic acids is 4. The van der Waals surface area contributed by atoms with E-state index < -0.39 is 53.4 Å². The monoisotopic (exact) mass is 510 g/mol. The predicted octanol–water partition coefficient (Wildman–Crippen LogP) is 5.10. The van der Waals surface area contributed by atoms with Gasteiger partial charge in [-0.05, 0) is 44.2 Å². The van der Waals surface area contributed by atoms with Crippen LogP contribution in [0.5, 0.6) is 11.5 Å². The van der Waals surface area contributed by atoms with Gasteiger partial charge in [-0.25, -0.2) is 14.4 Å². The van der Waals surface area contributed by atoms with Crippen LogP contribution in [0, 0.1) is 0 Å². The molecule has 0 radical (unpaired) electrons. The summed E-state index contributed by atoms with van der Waals surface area (Å²) < 4.78 is 89.9. The van der Waals surface area contributed by atoms with Crippen molar-refractivity contribution in [3.05, 3.63) is 29.3 Å². The Kier molecular flexibility index (Phi) is 9.05. The molecule has 0 bridgehead atoms. The van der Waals surface area contributed by atoms with Gasteiger partial charge in [0.1, 0.15) is 22.8 Å². The summed E-state index contributed by atoms with van der Waals surface area (Å²) in [5, 5.41) is 0. The Morgan fingerprint density at radius 1 is 0.943 bits per heavy atom. The number of benzene rings is 1. The van der Waals surface area contributed by atoms with E-state index in [1.807, 2.05) is 0 Å². The first-order chi connectivity index (χ1) is 16.2. The molecule has 0 saturated heterocycles. The van der Waals surface area contributed by atoms with Crippen molar-refractivity contribution < 1.29 is 59.7 Å². The summed E-state index contributed by atoms with van der Waals surface area (Å²) in [6.45, 7) is 1.46. The highest BCUT2D eigenvalue weighted by atomic mass is 19.4. The maximum Gasteiger partial charge on any atom is 0.491 e. The van der Waals surface area contributed by atoms with Crippen molar-refractivity contribution in [2.75, 3.05) is 0 Å². The summed E-state index contributed by atoms with van der Waals surface area (Å²) in [5.41, 5.74) is -1.02. The smallest absolute Gasteiger partial charge is 0.459 e. The van der Waals surface area contributed by atoms with Gasteiger partial charge < -0.3 is 14.2 Å². The molecule has 1 heterocycles. The summed E-state index contributed by atoms with van der Waals surface area (Å²) in [4.78, 5) is 47.4. The molecule has 0 aromatic heterocycles. The summed E-state index contributed by atoms with van der Waals surface area (Å²) in [5.74, 6) is -8.75. The molecule has 1 aromatic rings. The van der Waals surface area contributed by atoms with Crippen molar-refractivity contribution in [2.45, 2.75) is 63.9 Å². The Morgan fingerprint density at radius 2 is 1.54 bits per heavy atom. The lowest BCUT2D eigenvalue weighted by Gasteiger charge is -2.18. The molecule has 35 heavy (non-hydrogen) atoms. The number of Topliss-reactive ketones (excluding diaryl/α,β-unsaturated/α-hetero) is 1. The lowest BCUT2D eigenvalue weighted by atomic mass is 10.0. The highest BCUT2D eigenvalue weighted by molar-refractivity contribution is 5.98. The van der Waals surface area contributed by atoms with Gasteiger partial charge in [-0.3, -0.25) is 4.79 Å². The van der Waals surface area contributed by atoms with E-state index in [0.717, 1.165) is 12.1 Å². The number of hydrogen-bond donors (Lipinski definition) is 0. The summed E-state index contributed by atoms with van der Waals surface area (Å²) in [6.07, 6.45) is -7.45. The number of rotatable bonds is 2. The maximum atomic E-state index is 12.8. The molecule has 13 heteroatoms. The SMILES string of the molecule is CC1CCCC(=O)CCC/C=C/c2cc(OC(=O)C(F)(F)F)cc(OC(=O)C(F)(F)F)c2C(=O)O1. The average molecular weight is 510 g/mol. The minimum atomic E-state index is -5.51. The first-order valence-corrected chi connectivity index (χ1v) is 10.3. The normalized spacial score (nSPS) is 19.1. The Labute approximate surface area is 195 Å². The highest BCUT2D eigenvalue weighted by Crippen LogP contribution is 2.34. The van der Waals surface area contributed by atoms with E-state index in [-0.39, 0.29) is 37.0 Å². The third-order valence-corrected chi connectivity index (χ3v) is 4.68. The second-order valence-electron chi connectivity index (χ2n) is 7.60. The van der Waals surface area contributed by atoms with E-state index in [4.69, 9.17) is 4.74 Å². The molecule has 192 valence electrons. The van der Waals surface area contributed by atoms with Crippen LogP contribution in [-0.4, -0.2) is 42.1 Å². The van der Waals surface area contributed by atoms with Gasteiger partial charge in [0.15, 0.2) is 0 Å². The fourth-order valence-corrected chi connectivity index (χ4v) is 3.06. The van der Waals surface area contributed by atoms with Crippen LogP contribution < -0.4 is 9.47 Å². The standard InChI is InChI=1S/C22H20F6O7/c1-12-6-5-9-14(29)8-4-2-3-7-13-10-15(34-19(31)21(23,24)25)11-16(17(13)18(30)33-12)35-20(32)22(26,27)28/h3,7,10-12H,2,4-6,8-9H2,1H3/b7-3+. The van der Waals surface area contributed by atoms with Crippen LogP contribution in [0.4, 0.5) is 26.3 Å². The van der Waals surface area contributed by atoms with E-state index in [1.54, 1.807) is 0 Å². The zero-order chi connectivity index (χ0) is 26.4. The van der Waals surface area contributed by atoms with Gasteiger partial charge in [-0.2, -0.15) is 26.3 Å². The Balaban J connectivity index is 2.60. The van der Waals surface area contributed by atoms with Gasteiger partial charge in [0, 0.05) is 18.9 Å². The van der Waals surface area contributed by atoms with Crippen LogP contribution in [-0.2, 0) is 19.1 Å². The van der Waals surface area contributed by atoms with E-state index >= 15 is 0 Å². The van der Waals surface area contributed by atoms with Crippen molar-refractivity contribution in [2.24, 2.45) is 0 Å². The quantitative estimate of drug-likeness (QED) is 0.310. The predicted molar refractivity (Wildman–Crippen MR) is 106 cm³/mol. The van der Waals surface area contributed by atoms with Gasteiger partial charge in [0.2, 0.25) is 0 Å². The molecule has 7 nitrogen and oxygen atoms in total. The fourth-order valence-electron chi connectivity index (χ4n) is 3.06. The van der Waals surface area contributed by atoms with Crippen LogP contribution in [0.2, 0.25) is 0 Å². The van der Waals surface area contributed by atoms with Crippen LogP contribution >= 0.6 is 0 Å². The van der Waals surface area contributed by atoms with Gasteiger partial charge in [-0.1, -0.05) is 12.2 Å². The second kappa shape index (κ2) is 11.4. The number of alkyl halides is 6. The number of cyclic esters (lactones) is 1. The van der Waals surface area contributed by atoms with Crippen LogP contribution in [0.1, 0.15) is 61.4 Å². The molecule has 0 amide bonds. The minimum Gasteiger partial charge on any atom is -0.459 e. The third kappa shape index (κ3) is 8.41. The van der Waals surface area contributed by atoms with Gasteiger partial charge in [0.25, 0.3) is 0 Å². The molecule has 0 aliphatic carbocycles. The van der Waals surface area contributed by atoms with Crippen LogP contribution in [0.15, 0.2) is 18.2 Å². The van der Waals surface area contributed by atoms with Gasteiger partial charge in [0.05, 0.1) is 6.10 Å². The fraction of sp³-hybridized carbons (Fsp3) is 0.455. The number of hydrogen-bond acceptors (Lipinski definition) is 7. The third-order valence-electron chi connectivity index (χ3n) is 4.68. The van der Waals surface area contributed by atoms with Crippen molar-refractivity contribution in [1.82, 2.24) is 0 Å². The zero-order valence-corrected chi connectivity index (χ0v) is 18.3. The van der Waals surface area contributed by atoms with Crippen molar-refractivity contribution in [1.29, 1.82) is 0 Å². The average Bonchev–Trinajstić information content (AvgIpc) is 2.71. The summed E-state index contributed by atoms with van der Waals surface area (Å²) >= 11 is 0. The molecule has 0 saturated carbocycles. The minimum absolute atomic E-state index is 0.0166. The molecule has 1 aromatic carbocycles. The van der Waals surface area contributed by atoms with Crippen LogP contribution in [0.25, 0.3) is 6.08 Å². The molecule has 1 aliphatic rings. The maximum absolute atomic E-state index is 12.8. The Hall–Kier alpha value is -3.38. The highest BCUT2D eigenvalue weighted by Gasteiger charge is 2.43. The molecular weight excluding hydrogens is 490 g/mol. The van der Waals surface area contributed by atoms with E-state index in [1.165, 1.54) is 13.0 Å². The topological polar surface area (TPSA) is 96.0 Å². The van der Waals surface area contributed by atoms with Crippen molar-refractivity contribution >= 4 is 29.8 Å². The summed E-state index contributed by atoms with van der Waals surface area (Å²) in [6, 6.07) is 1.16. The van der Waals surface area contributed by atoms with E-state index in [2.05, 4.69) is 9.47 Å². The molecule has 0 N–H and O–H groups in total. The molecule has 0 spiro atoms. The van der Waals surface area contributed by atoms with E-state index in [0.29, 0.717) is 18.9 Å². The van der Waals surface area contributed by atoms with Gasteiger partial charge >= 0.3 is 30.3 Å². The van der Waals surface area contributed by atoms with Crippen molar-refractivity contribution in [3.8, 4) is 11.5 Å². The van der Waals surface area contributed by atoms with Crippen molar-refractivity contribution in [3.63, 3.8) is 0 Å². The lowest BCUT2D eigenvalue weighted by molar-refractivity contribution is -0.190. The zero-order valence-electron chi connectivity index (χ0n) is 18.3. The first kappa shape index (κ1) is 27.9. The summed E-state index contributed by atoms with van der Waals surface area (Å²) in [7, 11) is 0. The van der Waals surface area contributed by atoms with E-state index in [9.17, 15) is 45.5 Å². The second-order valence-corrected chi connectivity index (χ2v) is 7.60. The number of halogens is 6. The lowest BCUT2D eigenvalue weighted by Crippen LogP contribution is -2.30. The molecule has 1 aliphatic heterocycles. The first-order valence-electron chi connectivity index (χ1n) is 10.3. The molecule has 2 rings (SSSR count). The van der Waals surface area contributed by atoms with Crippen LogP contribution in [0.3, 0.4) is 0 Å². The Morgan fingerprint density at radius 3 is 2.17 bits per heavy atom. The number of esters is 3. The molecule has 1 atom stereocenters. The largest absolute Gasteiger partial charge is 0.491 e. The number of ketones is 1. The number of ether oxygens (including phenoxy) is 3. The Bertz CT molecular complexity index is 1010. The molecular formula is C22H20F6O7. The number of fused-ring (bicyclic) bond motifs is 1. The molecule has 0 fully saturated rings. The molecule has 1 unspecified atom stereocenters. The number of carbonyl (C=O) groups is 4. The van der Waals surface area contributed by atoms with Gasteiger partial charge in [-0.15, -0.1) is 0 Å².